The molecule has 3 aromatic rings. The highest BCUT2D eigenvalue weighted by molar-refractivity contribution is 7.14. The summed E-state index contributed by atoms with van der Waals surface area (Å²) in [5.41, 5.74) is 1.81. The van der Waals surface area contributed by atoms with E-state index in [1.807, 2.05) is 17.5 Å². The second-order valence-corrected chi connectivity index (χ2v) is 4.88. The fraction of sp³-hybridized carbons (Fsp3) is 0. The second kappa shape index (κ2) is 5.18. The van der Waals surface area contributed by atoms with Gasteiger partial charge in [0, 0.05) is 11.1 Å². The summed E-state index contributed by atoms with van der Waals surface area (Å²) in [5.74, 6) is -0.221. The van der Waals surface area contributed by atoms with Crippen LogP contribution in [0, 0.1) is 0 Å². The van der Waals surface area contributed by atoms with E-state index in [4.69, 9.17) is 9.52 Å². The summed E-state index contributed by atoms with van der Waals surface area (Å²) in [4.78, 5) is 15.2. The number of nitrogens with one attached hydrogen (secondary N) is 1. The van der Waals surface area contributed by atoms with E-state index >= 15 is 0 Å². The van der Waals surface area contributed by atoms with Crippen molar-refractivity contribution in [2.75, 3.05) is 5.32 Å². The zero-order valence-electron chi connectivity index (χ0n) is 10.2. The van der Waals surface area contributed by atoms with Crippen LogP contribution < -0.4 is 5.32 Å². The summed E-state index contributed by atoms with van der Waals surface area (Å²) >= 11 is 1.45. The van der Waals surface area contributed by atoms with Gasteiger partial charge in [0.25, 0.3) is 0 Å². The molecule has 0 aliphatic carbocycles. The zero-order chi connectivity index (χ0) is 13.9. The van der Waals surface area contributed by atoms with Gasteiger partial charge < -0.3 is 14.8 Å². The maximum atomic E-state index is 10.8. The number of nitrogens with zero attached hydrogens (tertiary/aromatic N) is 1. The Hall–Kier alpha value is -2.60. The summed E-state index contributed by atoms with van der Waals surface area (Å²) in [6.45, 7) is 0. The molecule has 0 atom stereocenters. The van der Waals surface area contributed by atoms with Crippen LogP contribution in [0.5, 0.6) is 0 Å². The van der Waals surface area contributed by atoms with Crippen LogP contribution >= 0.6 is 11.3 Å². The van der Waals surface area contributed by atoms with Gasteiger partial charge in [-0.3, -0.25) is 0 Å². The molecule has 0 aliphatic rings. The fourth-order valence-electron chi connectivity index (χ4n) is 1.69. The summed E-state index contributed by atoms with van der Waals surface area (Å²) in [7, 11) is 0. The van der Waals surface area contributed by atoms with Crippen LogP contribution in [-0.4, -0.2) is 16.1 Å². The van der Waals surface area contributed by atoms with Crippen LogP contribution in [0.3, 0.4) is 0 Å². The molecular weight excluding hydrogens is 276 g/mol. The highest BCUT2D eigenvalue weighted by Crippen LogP contribution is 2.27. The topological polar surface area (TPSA) is 75.4 Å². The van der Waals surface area contributed by atoms with Crippen molar-refractivity contribution in [1.82, 2.24) is 4.98 Å². The van der Waals surface area contributed by atoms with Crippen molar-refractivity contribution in [3.05, 3.63) is 53.6 Å². The van der Waals surface area contributed by atoms with Crippen molar-refractivity contribution < 1.29 is 14.3 Å². The molecule has 0 amide bonds. The van der Waals surface area contributed by atoms with Gasteiger partial charge in [-0.25, -0.2) is 9.78 Å². The molecule has 3 rings (SSSR count). The first kappa shape index (κ1) is 12.4. The molecular formula is C14H10N2O3S. The Morgan fingerprint density at radius 3 is 2.70 bits per heavy atom. The van der Waals surface area contributed by atoms with E-state index in [0.717, 1.165) is 22.3 Å². The third-order valence-electron chi connectivity index (χ3n) is 2.66. The molecule has 0 spiro atoms. The van der Waals surface area contributed by atoms with Gasteiger partial charge in [0.2, 0.25) is 0 Å². The first-order chi connectivity index (χ1) is 9.72. The highest BCUT2D eigenvalue weighted by Gasteiger charge is 2.07. The lowest BCUT2D eigenvalue weighted by atomic mass is 10.2. The van der Waals surface area contributed by atoms with Gasteiger partial charge in [-0.15, -0.1) is 11.3 Å². The molecule has 0 saturated heterocycles. The van der Waals surface area contributed by atoms with Crippen molar-refractivity contribution in [2.24, 2.45) is 0 Å². The zero-order valence-corrected chi connectivity index (χ0v) is 11.1. The van der Waals surface area contributed by atoms with Gasteiger partial charge in [0.15, 0.2) is 10.9 Å². The Labute approximate surface area is 118 Å². The highest BCUT2D eigenvalue weighted by atomic mass is 32.1. The number of hydrogen-bond donors (Lipinski definition) is 2. The molecule has 0 aliphatic heterocycles. The largest absolute Gasteiger partial charge is 0.478 e. The number of furan rings is 1. The van der Waals surface area contributed by atoms with Gasteiger partial charge in [-0.1, -0.05) is 0 Å². The minimum absolute atomic E-state index is 0.256. The summed E-state index contributed by atoms with van der Waals surface area (Å²) in [6.07, 6.45) is 1.60. The van der Waals surface area contributed by atoms with E-state index in [1.165, 1.54) is 11.3 Å². The fourth-order valence-corrected chi connectivity index (χ4v) is 2.41. The molecule has 2 aromatic heterocycles. The Morgan fingerprint density at radius 2 is 2.05 bits per heavy atom. The molecule has 0 fully saturated rings. The van der Waals surface area contributed by atoms with Crippen molar-refractivity contribution in [2.45, 2.75) is 0 Å². The lowest BCUT2D eigenvalue weighted by molar-refractivity contribution is 0.0697. The Morgan fingerprint density at radius 1 is 1.25 bits per heavy atom. The molecule has 100 valence electrons. The first-order valence-corrected chi connectivity index (χ1v) is 6.70. The van der Waals surface area contributed by atoms with Gasteiger partial charge >= 0.3 is 5.97 Å². The standard InChI is InChI=1S/C14H10N2O3S/c17-13(18)9-3-5-10(6-4-9)15-14-16-11(8-20-14)12-2-1-7-19-12/h1-8H,(H,15,16)(H,17,18). The summed E-state index contributed by atoms with van der Waals surface area (Å²) in [6, 6.07) is 10.2. The quantitative estimate of drug-likeness (QED) is 0.762. The first-order valence-electron chi connectivity index (χ1n) is 5.82. The monoisotopic (exact) mass is 286 g/mol. The molecule has 0 radical (unpaired) electrons. The predicted octanol–water partition coefficient (Wildman–Crippen LogP) is 3.84. The number of anilines is 2. The van der Waals surface area contributed by atoms with E-state index in [0.29, 0.717) is 0 Å². The number of carbonyl (C=O) groups is 1. The average Bonchev–Trinajstić information content (AvgIpc) is 3.09. The number of carboxylic acid groups (broad SMARTS) is 1. The number of benzene rings is 1. The van der Waals surface area contributed by atoms with Crippen molar-refractivity contribution in [1.29, 1.82) is 0 Å². The molecule has 2 heterocycles. The van der Waals surface area contributed by atoms with Crippen LogP contribution in [0.25, 0.3) is 11.5 Å². The number of rotatable bonds is 4. The van der Waals surface area contributed by atoms with Gasteiger partial charge in [0.1, 0.15) is 5.69 Å². The van der Waals surface area contributed by atoms with Crippen LogP contribution in [0.1, 0.15) is 10.4 Å². The maximum absolute atomic E-state index is 10.8. The molecule has 0 saturated carbocycles. The minimum atomic E-state index is -0.939. The van der Waals surface area contributed by atoms with Crippen molar-refractivity contribution in [3.63, 3.8) is 0 Å². The molecule has 2 N–H and O–H groups in total. The Bertz CT molecular complexity index is 717. The Balaban J connectivity index is 1.76. The number of aromatic nitrogens is 1. The maximum Gasteiger partial charge on any atom is 0.335 e. The molecule has 6 heteroatoms. The minimum Gasteiger partial charge on any atom is -0.478 e. The Kier molecular flexibility index (Phi) is 3.22. The SMILES string of the molecule is O=C(O)c1ccc(Nc2nc(-c3ccco3)cs2)cc1. The third-order valence-corrected chi connectivity index (χ3v) is 3.42. The normalized spacial score (nSPS) is 10.4. The van der Waals surface area contributed by atoms with E-state index in [1.54, 1.807) is 30.5 Å². The smallest absolute Gasteiger partial charge is 0.335 e. The predicted molar refractivity (Wildman–Crippen MR) is 76.5 cm³/mol. The second-order valence-electron chi connectivity index (χ2n) is 4.02. The van der Waals surface area contributed by atoms with E-state index in [2.05, 4.69) is 10.3 Å². The lowest BCUT2D eigenvalue weighted by Gasteiger charge is -2.02. The number of thiazole rings is 1. The molecule has 20 heavy (non-hydrogen) atoms. The van der Waals surface area contributed by atoms with Gasteiger partial charge in [-0.2, -0.15) is 0 Å². The van der Waals surface area contributed by atoms with Gasteiger partial charge in [0.05, 0.1) is 11.8 Å². The summed E-state index contributed by atoms with van der Waals surface area (Å²) < 4.78 is 5.28. The van der Waals surface area contributed by atoms with Crippen LogP contribution in [-0.2, 0) is 0 Å². The molecule has 0 unspecified atom stereocenters. The molecule has 1 aromatic carbocycles. The van der Waals surface area contributed by atoms with E-state index < -0.39 is 5.97 Å². The van der Waals surface area contributed by atoms with Crippen molar-refractivity contribution in [3.8, 4) is 11.5 Å². The lowest BCUT2D eigenvalue weighted by Crippen LogP contribution is -1.96. The number of carboxylic acids is 1. The number of hydrogen-bond acceptors (Lipinski definition) is 5. The van der Waals surface area contributed by atoms with E-state index in [-0.39, 0.29) is 5.56 Å². The summed E-state index contributed by atoms with van der Waals surface area (Å²) in [5, 5.41) is 14.6. The van der Waals surface area contributed by atoms with Crippen LogP contribution in [0.15, 0.2) is 52.5 Å². The van der Waals surface area contributed by atoms with Gasteiger partial charge in [-0.05, 0) is 36.4 Å². The van der Waals surface area contributed by atoms with Crippen molar-refractivity contribution >= 4 is 28.1 Å². The number of aromatic carboxylic acids is 1. The average molecular weight is 286 g/mol. The third kappa shape index (κ3) is 2.55. The molecule has 5 nitrogen and oxygen atoms in total. The van der Waals surface area contributed by atoms with Crippen LogP contribution in [0.2, 0.25) is 0 Å². The molecule has 0 bridgehead atoms. The van der Waals surface area contributed by atoms with Crippen LogP contribution in [0.4, 0.5) is 10.8 Å². The van der Waals surface area contributed by atoms with E-state index in [9.17, 15) is 4.79 Å².